The largest absolute Gasteiger partial charge is 0.530 e. The molecule has 1 N–H and O–H groups in total. The van der Waals surface area contributed by atoms with Crippen LogP contribution in [-0.4, -0.2) is 35.1 Å². The molecule has 1 atom stereocenters. The predicted molar refractivity (Wildman–Crippen MR) is 58.2 cm³/mol. The molecule has 1 aromatic heterocycles. The first-order valence-electron chi connectivity index (χ1n) is 5.62. The summed E-state index contributed by atoms with van der Waals surface area (Å²) in [6.07, 6.45) is -4.14. The lowest BCUT2D eigenvalue weighted by molar-refractivity contribution is -0.264. The van der Waals surface area contributed by atoms with Crippen LogP contribution in [0.4, 0.5) is 23.8 Å². The number of hydrogen-bond donors (Lipinski definition) is 1. The third-order valence-electron chi connectivity index (χ3n) is 2.90. The molecule has 104 valence electrons. The molecule has 0 spiro atoms. The predicted octanol–water partition coefficient (Wildman–Crippen LogP) is 0.930. The number of carbonyl (C=O) groups is 1. The lowest BCUT2D eigenvalue weighted by Crippen LogP contribution is -2.40. The molecule has 1 amide bonds. The summed E-state index contributed by atoms with van der Waals surface area (Å²) < 4.78 is 38.2. The SMILES string of the molecule is O=C([O-])N1CCC(Nc2ncccc2C(F)(F)F)C1. The Balaban J connectivity index is 2.11. The number of amides is 1. The van der Waals surface area contributed by atoms with Gasteiger partial charge in [0.05, 0.1) is 5.56 Å². The van der Waals surface area contributed by atoms with Crippen molar-refractivity contribution in [1.29, 1.82) is 0 Å². The maximum Gasteiger partial charge on any atom is 0.419 e. The molecule has 1 aliphatic rings. The van der Waals surface area contributed by atoms with Crippen molar-refractivity contribution in [3.05, 3.63) is 23.9 Å². The van der Waals surface area contributed by atoms with E-state index in [1.165, 1.54) is 12.3 Å². The van der Waals surface area contributed by atoms with Crippen molar-refractivity contribution in [2.45, 2.75) is 18.6 Å². The molecule has 2 heterocycles. The van der Waals surface area contributed by atoms with Gasteiger partial charge in [0.25, 0.3) is 0 Å². The van der Waals surface area contributed by atoms with Crippen LogP contribution in [0.5, 0.6) is 0 Å². The molecular weight excluding hydrogens is 263 g/mol. The molecule has 0 radical (unpaired) electrons. The van der Waals surface area contributed by atoms with Gasteiger partial charge in [-0.3, -0.25) is 0 Å². The van der Waals surface area contributed by atoms with E-state index in [1.54, 1.807) is 0 Å². The summed E-state index contributed by atoms with van der Waals surface area (Å²) in [7, 11) is 0. The molecule has 8 heteroatoms. The molecule has 0 bridgehead atoms. The second-order valence-corrected chi connectivity index (χ2v) is 4.24. The number of halogens is 3. The maximum atomic E-state index is 12.7. The highest BCUT2D eigenvalue weighted by Crippen LogP contribution is 2.34. The standard InChI is InChI=1S/C11H12F3N3O2/c12-11(13,14)8-2-1-4-15-9(8)16-7-3-5-17(6-7)10(18)19/h1-2,4,7H,3,5-6H2,(H,15,16)(H,18,19)/p-1. The van der Waals surface area contributed by atoms with Gasteiger partial charge in [0.1, 0.15) is 11.9 Å². The van der Waals surface area contributed by atoms with Crippen LogP contribution in [0.2, 0.25) is 0 Å². The van der Waals surface area contributed by atoms with Crippen molar-refractivity contribution in [2.24, 2.45) is 0 Å². The number of hydrogen-bond acceptors (Lipinski definition) is 4. The van der Waals surface area contributed by atoms with Gasteiger partial charge in [-0.25, -0.2) is 4.98 Å². The van der Waals surface area contributed by atoms with E-state index in [9.17, 15) is 23.1 Å². The van der Waals surface area contributed by atoms with Crippen LogP contribution in [0.15, 0.2) is 18.3 Å². The van der Waals surface area contributed by atoms with E-state index in [-0.39, 0.29) is 18.9 Å². The fourth-order valence-corrected chi connectivity index (χ4v) is 1.99. The van der Waals surface area contributed by atoms with E-state index >= 15 is 0 Å². The fourth-order valence-electron chi connectivity index (χ4n) is 1.99. The van der Waals surface area contributed by atoms with E-state index in [4.69, 9.17) is 0 Å². The minimum absolute atomic E-state index is 0.0935. The normalized spacial score (nSPS) is 19.5. The van der Waals surface area contributed by atoms with E-state index in [0.717, 1.165) is 11.0 Å². The summed E-state index contributed by atoms with van der Waals surface area (Å²) in [5.41, 5.74) is -0.859. The molecule has 0 aliphatic carbocycles. The first-order chi connectivity index (χ1) is 8.88. The van der Waals surface area contributed by atoms with E-state index in [0.29, 0.717) is 6.42 Å². The van der Waals surface area contributed by atoms with Crippen LogP contribution in [-0.2, 0) is 6.18 Å². The Morgan fingerprint density at radius 2 is 2.26 bits per heavy atom. The van der Waals surface area contributed by atoms with Gasteiger partial charge in [-0.05, 0) is 18.6 Å². The number of nitrogens with zero attached hydrogens (tertiary/aromatic N) is 2. The number of aromatic nitrogens is 1. The third kappa shape index (κ3) is 3.07. The number of carbonyl (C=O) groups excluding carboxylic acids is 1. The zero-order valence-corrected chi connectivity index (χ0v) is 9.78. The highest BCUT2D eigenvalue weighted by atomic mass is 19.4. The molecule has 1 fully saturated rings. The number of anilines is 1. The summed E-state index contributed by atoms with van der Waals surface area (Å²) >= 11 is 0. The lowest BCUT2D eigenvalue weighted by Gasteiger charge is -2.20. The number of nitrogens with one attached hydrogen (secondary N) is 1. The second-order valence-electron chi connectivity index (χ2n) is 4.24. The maximum absolute atomic E-state index is 12.7. The number of rotatable bonds is 2. The van der Waals surface area contributed by atoms with Crippen molar-refractivity contribution >= 4 is 11.9 Å². The van der Waals surface area contributed by atoms with E-state index < -0.39 is 23.9 Å². The molecular formula is C11H11F3N3O2-. The van der Waals surface area contributed by atoms with Crippen molar-refractivity contribution in [2.75, 3.05) is 18.4 Å². The number of carboxylic acid groups (broad SMARTS) is 1. The van der Waals surface area contributed by atoms with Crippen LogP contribution in [0.1, 0.15) is 12.0 Å². The molecule has 1 aliphatic heterocycles. The molecule has 1 unspecified atom stereocenters. The van der Waals surface area contributed by atoms with Crippen LogP contribution in [0.3, 0.4) is 0 Å². The third-order valence-corrected chi connectivity index (χ3v) is 2.90. The molecule has 19 heavy (non-hydrogen) atoms. The first-order valence-corrected chi connectivity index (χ1v) is 5.62. The zero-order chi connectivity index (χ0) is 14.0. The summed E-state index contributed by atoms with van der Waals surface area (Å²) in [4.78, 5) is 15.3. The highest BCUT2D eigenvalue weighted by molar-refractivity contribution is 5.63. The van der Waals surface area contributed by atoms with Gasteiger partial charge in [0, 0.05) is 25.3 Å². The molecule has 0 aromatic carbocycles. The Morgan fingerprint density at radius 3 is 2.84 bits per heavy atom. The monoisotopic (exact) mass is 274 g/mol. The quantitative estimate of drug-likeness (QED) is 0.871. The van der Waals surface area contributed by atoms with Crippen molar-refractivity contribution in [1.82, 2.24) is 9.88 Å². The summed E-state index contributed by atoms with van der Waals surface area (Å²) in [5.74, 6) is -0.278. The minimum atomic E-state index is -4.50. The van der Waals surface area contributed by atoms with E-state index in [2.05, 4.69) is 10.3 Å². The van der Waals surface area contributed by atoms with Crippen molar-refractivity contribution in [3.63, 3.8) is 0 Å². The number of pyridine rings is 1. The first kappa shape index (κ1) is 13.4. The Kier molecular flexibility index (Phi) is 3.50. The summed E-state index contributed by atoms with van der Waals surface area (Å²) in [6.45, 7) is 0.338. The zero-order valence-electron chi connectivity index (χ0n) is 9.78. The lowest BCUT2D eigenvalue weighted by atomic mass is 10.2. The molecule has 1 saturated heterocycles. The van der Waals surface area contributed by atoms with Crippen LogP contribution < -0.4 is 10.4 Å². The van der Waals surface area contributed by atoms with Gasteiger partial charge >= 0.3 is 6.18 Å². The van der Waals surface area contributed by atoms with Crippen molar-refractivity contribution in [3.8, 4) is 0 Å². The van der Waals surface area contributed by atoms with Crippen LogP contribution in [0, 0.1) is 0 Å². The Labute approximate surface area is 107 Å². The van der Waals surface area contributed by atoms with Crippen molar-refractivity contribution < 1.29 is 23.1 Å². The average Bonchev–Trinajstić information content (AvgIpc) is 2.77. The highest BCUT2D eigenvalue weighted by Gasteiger charge is 2.35. The Morgan fingerprint density at radius 1 is 1.53 bits per heavy atom. The number of likely N-dealkylation sites (tertiary alicyclic amines) is 1. The van der Waals surface area contributed by atoms with Gasteiger partial charge in [-0.15, -0.1) is 0 Å². The average molecular weight is 274 g/mol. The van der Waals surface area contributed by atoms with Crippen LogP contribution >= 0.6 is 0 Å². The van der Waals surface area contributed by atoms with Gasteiger partial charge in [0.2, 0.25) is 0 Å². The smallest absolute Gasteiger partial charge is 0.419 e. The van der Waals surface area contributed by atoms with Gasteiger partial charge in [-0.1, -0.05) is 0 Å². The van der Waals surface area contributed by atoms with Gasteiger partial charge in [-0.2, -0.15) is 13.2 Å². The topological polar surface area (TPSA) is 68.3 Å². The number of alkyl halides is 3. The van der Waals surface area contributed by atoms with Gasteiger partial charge < -0.3 is 20.1 Å². The fraction of sp³-hybridized carbons (Fsp3) is 0.455. The Hall–Kier alpha value is -1.99. The molecule has 2 rings (SSSR count). The summed E-state index contributed by atoms with van der Waals surface area (Å²) in [6, 6.07) is 1.74. The Bertz CT molecular complexity index is 478. The molecule has 1 aromatic rings. The minimum Gasteiger partial charge on any atom is -0.530 e. The molecule has 5 nitrogen and oxygen atoms in total. The second kappa shape index (κ2) is 4.94. The van der Waals surface area contributed by atoms with E-state index in [1.807, 2.05) is 0 Å². The summed E-state index contributed by atoms with van der Waals surface area (Å²) in [5, 5.41) is 13.3. The molecule has 0 saturated carbocycles. The van der Waals surface area contributed by atoms with Crippen LogP contribution in [0.25, 0.3) is 0 Å². The van der Waals surface area contributed by atoms with Gasteiger partial charge in [0.15, 0.2) is 0 Å².